The molecule has 0 spiro atoms. The lowest BCUT2D eigenvalue weighted by molar-refractivity contribution is 0.287. The summed E-state index contributed by atoms with van der Waals surface area (Å²) in [4.78, 5) is 30.5. The van der Waals surface area contributed by atoms with E-state index in [4.69, 9.17) is 9.47 Å². The summed E-state index contributed by atoms with van der Waals surface area (Å²) in [6, 6.07) is 15.3. The third kappa shape index (κ3) is 4.29. The summed E-state index contributed by atoms with van der Waals surface area (Å²) in [5.74, 6) is 1.30. The van der Waals surface area contributed by atoms with Crippen molar-refractivity contribution >= 4 is 22.4 Å². The second kappa shape index (κ2) is 9.36. The van der Waals surface area contributed by atoms with Crippen molar-refractivity contribution in [2.24, 2.45) is 0 Å². The number of aryl methyl sites for hydroxylation is 1. The molecule has 2 heterocycles. The van der Waals surface area contributed by atoms with E-state index in [-0.39, 0.29) is 11.1 Å². The largest absolute Gasteiger partial charge is 0.490 e. The number of aromatic nitrogens is 2. The van der Waals surface area contributed by atoms with E-state index in [2.05, 4.69) is 4.98 Å². The van der Waals surface area contributed by atoms with Gasteiger partial charge in [0.1, 0.15) is 0 Å². The van der Waals surface area contributed by atoms with Gasteiger partial charge in [-0.2, -0.15) is 4.98 Å². The Morgan fingerprint density at radius 3 is 2.44 bits per heavy atom. The van der Waals surface area contributed by atoms with Gasteiger partial charge in [-0.05, 0) is 50.1 Å². The predicted octanol–water partition coefficient (Wildman–Crippen LogP) is 3.36. The van der Waals surface area contributed by atoms with Crippen LogP contribution >= 0.6 is 11.3 Å². The Kier molecular flexibility index (Phi) is 6.37. The number of benzene rings is 2. The summed E-state index contributed by atoms with van der Waals surface area (Å²) >= 11 is 1.21. The zero-order chi connectivity index (χ0) is 22.7. The van der Waals surface area contributed by atoms with Gasteiger partial charge < -0.3 is 9.47 Å². The number of ether oxygens (including phenoxy) is 2. The Morgan fingerprint density at radius 2 is 1.72 bits per heavy atom. The first kappa shape index (κ1) is 21.8. The highest BCUT2D eigenvalue weighted by molar-refractivity contribution is 7.15. The van der Waals surface area contributed by atoms with E-state index < -0.39 is 0 Å². The van der Waals surface area contributed by atoms with E-state index in [0.29, 0.717) is 51.9 Å². The number of thiazole rings is 1. The van der Waals surface area contributed by atoms with Gasteiger partial charge in [-0.3, -0.25) is 14.0 Å². The maximum atomic E-state index is 13.2. The minimum Gasteiger partial charge on any atom is -0.490 e. The highest BCUT2D eigenvalue weighted by Crippen LogP contribution is 2.28. The molecule has 0 amide bonds. The summed E-state index contributed by atoms with van der Waals surface area (Å²) < 4.78 is 13.3. The molecule has 0 saturated carbocycles. The summed E-state index contributed by atoms with van der Waals surface area (Å²) in [7, 11) is 0. The predicted molar refractivity (Wildman–Crippen MR) is 127 cm³/mol. The lowest BCUT2D eigenvalue weighted by Crippen LogP contribution is -2.27. The molecule has 0 radical (unpaired) electrons. The molecule has 0 N–H and O–H groups in total. The molecule has 7 heteroatoms. The average molecular weight is 449 g/mol. The van der Waals surface area contributed by atoms with Crippen LogP contribution in [-0.2, 0) is 6.42 Å². The van der Waals surface area contributed by atoms with Gasteiger partial charge in [0.2, 0.25) is 4.96 Å². The van der Waals surface area contributed by atoms with Crippen molar-refractivity contribution in [1.82, 2.24) is 9.38 Å². The molecule has 4 aromatic rings. The molecule has 4 rings (SSSR count). The van der Waals surface area contributed by atoms with E-state index in [9.17, 15) is 9.59 Å². The third-order valence-corrected chi connectivity index (χ3v) is 6.09. The lowest BCUT2D eigenvalue weighted by Gasteiger charge is -2.11. The van der Waals surface area contributed by atoms with Gasteiger partial charge in [-0.1, -0.05) is 47.7 Å². The zero-order valence-electron chi connectivity index (χ0n) is 18.3. The molecule has 0 bridgehead atoms. The highest BCUT2D eigenvalue weighted by Gasteiger charge is 2.15. The molecule has 0 aliphatic heterocycles. The number of hydrogen-bond donors (Lipinski definition) is 0. The van der Waals surface area contributed by atoms with Gasteiger partial charge in [0.05, 0.1) is 17.7 Å². The van der Waals surface area contributed by atoms with E-state index >= 15 is 0 Å². The molecular weight excluding hydrogens is 424 g/mol. The zero-order valence-corrected chi connectivity index (χ0v) is 19.1. The molecule has 2 aromatic carbocycles. The van der Waals surface area contributed by atoms with Crippen LogP contribution in [0.3, 0.4) is 0 Å². The minimum atomic E-state index is -0.293. The Labute approximate surface area is 189 Å². The monoisotopic (exact) mass is 448 g/mol. The fourth-order valence-electron chi connectivity index (χ4n) is 3.60. The lowest BCUT2D eigenvalue weighted by atomic mass is 10.1. The normalized spacial score (nSPS) is 11.8. The first-order valence-electron chi connectivity index (χ1n) is 10.5. The van der Waals surface area contributed by atoms with Crippen molar-refractivity contribution in [3.05, 3.63) is 96.2 Å². The molecule has 0 saturated heterocycles. The van der Waals surface area contributed by atoms with Crippen molar-refractivity contribution < 1.29 is 9.47 Å². The third-order valence-electron chi connectivity index (χ3n) is 5.12. The molecule has 0 unspecified atom stereocenters. The first-order valence-corrected chi connectivity index (χ1v) is 11.3. The van der Waals surface area contributed by atoms with Gasteiger partial charge in [-0.15, -0.1) is 0 Å². The van der Waals surface area contributed by atoms with Crippen LogP contribution in [-0.4, -0.2) is 22.6 Å². The van der Waals surface area contributed by atoms with Crippen molar-refractivity contribution in [2.75, 3.05) is 13.2 Å². The molecule has 0 aliphatic carbocycles. The van der Waals surface area contributed by atoms with E-state index in [0.717, 1.165) is 11.1 Å². The van der Waals surface area contributed by atoms with Crippen molar-refractivity contribution in [2.45, 2.75) is 27.2 Å². The Balaban J connectivity index is 1.81. The van der Waals surface area contributed by atoms with Crippen molar-refractivity contribution in [3.63, 3.8) is 0 Å². The maximum Gasteiger partial charge on any atom is 0.277 e. The summed E-state index contributed by atoms with van der Waals surface area (Å²) in [6.45, 7) is 6.67. The van der Waals surface area contributed by atoms with Crippen molar-refractivity contribution in [1.29, 1.82) is 0 Å². The summed E-state index contributed by atoms with van der Waals surface area (Å²) in [5.41, 5.74) is 2.50. The van der Waals surface area contributed by atoms with Gasteiger partial charge in [0.25, 0.3) is 11.1 Å². The first-order chi connectivity index (χ1) is 15.5. The molecule has 2 aromatic heterocycles. The number of hydrogen-bond acceptors (Lipinski definition) is 6. The van der Waals surface area contributed by atoms with Crippen LogP contribution in [0.2, 0.25) is 0 Å². The fraction of sp³-hybridized carbons (Fsp3) is 0.240. The second-order valence-corrected chi connectivity index (χ2v) is 8.26. The standard InChI is InChI=1S/C25H24N2O4S/c1-4-30-20-12-11-18(14-21(20)31-5-2)15-22-24(29)27-16(3)19(23(28)26-25(27)32-22)13-17-9-7-6-8-10-17/h6-12,14-15H,4-5,13H2,1-3H3. The molecule has 0 aliphatic rings. The average Bonchev–Trinajstić information content (AvgIpc) is 3.09. The van der Waals surface area contributed by atoms with Crippen molar-refractivity contribution in [3.8, 4) is 11.5 Å². The van der Waals surface area contributed by atoms with Gasteiger partial charge in [0.15, 0.2) is 11.5 Å². The number of nitrogens with zero attached hydrogens (tertiary/aromatic N) is 2. The Morgan fingerprint density at radius 1 is 1.00 bits per heavy atom. The van der Waals surface area contributed by atoms with E-state index in [1.165, 1.54) is 15.7 Å². The summed E-state index contributed by atoms with van der Waals surface area (Å²) in [5, 5.41) is 0. The SMILES string of the molecule is CCOc1ccc(C=c2sc3nc(=O)c(Cc4ccccc4)c(C)n3c2=O)cc1OCC. The number of fused-ring (bicyclic) bond motifs is 1. The van der Waals surface area contributed by atoms with Crippen LogP contribution < -0.4 is 25.1 Å². The van der Waals surface area contributed by atoms with Crippen LogP contribution in [0, 0.1) is 6.92 Å². The highest BCUT2D eigenvalue weighted by atomic mass is 32.1. The second-order valence-electron chi connectivity index (χ2n) is 7.25. The van der Waals surface area contributed by atoms with Crippen LogP contribution in [0.1, 0.15) is 36.2 Å². The minimum absolute atomic E-state index is 0.184. The van der Waals surface area contributed by atoms with Gasteiger partial charge in [0, 0.05) is 17.7 Å². The quantitative estimate of drug-likeness (QED) is 0.434. The van der Waals surface area contributed by atoms with E-state index in [1.807, 2.05) is 62.4 Å². The molecular formula is C25H24N2O4S. The molecule has 0 fully saturated rings. The van der Waals surface area contributed by atoms with Crippen LogP contribution in [0.15, 0.2) is 58.1 Å². The van der Waals surface area contributed by atoms with Crippen LogP contribution in [0.25, 0.3) is 11.0 Å². The molecule has 164 valence electrons. The van der Waals surface area contributed by atoms with Gasteiger partial charge in [-0.25, -0.2) is 0 Å². The Hall–Kier alpha value is -3.45. The molecule has 0 atom stereocenters. The van der Waals surface area contributed by atoms with Gasteiger partial charge >= 0.3 is 0 Å². The maximum absolute atomic E-state index is 13.2. The fourth-order valence-corrected chi connectivity index (χ4v) is 4.61. The smallest absolute Gasteiger partial charge is 0.277 e. The molecule has 6 nitrogen and oxygen atoms in total. The Bertz CT molecular complexity index is 1420. The topological polar surface area (TPSA) is 69.9 Å². The van der Waals surface area contributed by atoms with E-state index in [1.54, 1.807) is 13.0 Å². The summed E-state index contributed by atoms with van der Waals surface area (Å²) in [6.07, 6.45) is 2.23. The number of rotatable bonds is 7. The molecule has 32 heavy (non-hydrogen) atoms. The van der Waals surface area contributed by atoms with Crippen LogP contribution in [0.4, 0.5) is 0 Å². The van der Waals surface area contributed by atoms with Crippen LogP contribution in [0.5, 0.6) is 11.5 Å².